The largest absolute Gasteiger partial charge is 0.356 e. The fourth-order valence-corrected chi connectivity index (χ4v) is 3.14. The van der Waals surface area contributed by atoms with Gasteiger partial charge in [0.05, 0.1) is 0 Å². The van der Waals surface area contributed by atoms with Crippen molar-refractivity contribution in [1.29, 1.82) is 0 Å². The molecule has 1 aromatic rings. The van der Waals surface area contributed by atoms with Gasteiger partial charge in [-0.05, 0) is 61.7 Å². The maximum Gasteiger partial charge on any atom is 0.220 e. The summed E-state index contributed by atoms with van der Waals surface area (Å²) in [5, 5.41) is 6.51. The normalized spacial score (nSPS) is 18.8. The van der Waals surface area contributed by atoms with Gasteiger partial charge < -0.3 is 10.6 Å². The van der Waals surface area contributed by atoms with Crippen LogP contribution < -0.4 is 10.6 Å². The predicted octanol–water partition coefficient (Wildman–Crippen LogP) is 3.67. The molecule has 0 saturated carbocycles. The fourth-order valence-electron chi connectivity index (χ4n) is 3.14. The summed E-state index contributed by atoms with van der Waals surface area (Å²) in [6, 6.07) is 8.65. The number of halogens is 1. The highest BCUT2D eigenvalue weighted by atomic mass is 35.5. The molecule has 4 heteroatoms. The minimum absolute atomic E-state index is 0. The van der Waals surface area contributed by atoms with Gasteiger partial charge in [-0.2, -0.15) is 0 Å². The van der Waals surface area contributed by atoms with Gasteiger partial charge in [0, 0.05) is 13.0 Å². The molecule has 1 saturated heterocycles. The van der Waals surface area contributed by atoms with E-state index in [-0.39, 0.29) is 24.2 Å². The van der Waals surface area contributed by atoms with Gasteiger partial charge in [0.2, 0.25) is 5.91 Å². The highest BCUT2D eigenvalue weighted by Gasteiger charge is 2.14. The summed E-state index contributed by atoms with van der Waals surface area (Å²) >= 11 is 0. The molecule has 2 rings (SSSR count). The SMILES string of the molecule is CCc1ccc(C(C)CC(=O)NCCC2CCCNC2)cc1.Cl. The molecule has 2 atom stereocenters. The van der Waals surface area contributed by atoms with Gasteiger partial charge >= 0.3 is 0 Å². The number of piperidine rings is 1. The Labute approximate surface area is 147 Å². The Morgan fingerprint density at radius 3 is 2.70 bits per heavy atom. The highest BCUT2D eigenvalue weighted by molar-refractivity contribution is 5.85. The number of benzene rings is 1. The minimum atomic E-state index is 0. The average Bonchev–Trinajstić information content (AvgIpc) is 2.56. The summed E-state index contributed by atoms with van der Waals surface area (Å²) in [5.74, 6) is 1.19. The number of hydrogen-bond acceptors (Lipinski definition) is 2. The summed E-state index contributed by atoms with van der Waals surface area (Å²) in [6.45, 7) is 7.36. The van der Waals surface area contributed by atoms with E-state index in [1.807, 2.05) is 0 Å². The first-order chi connectivity index (χ1) is 10.7. The molecule has 2 N–H and O–H groups in total. The van der Waals surface area contributed by atoms with E-state index >= 15 is 0 Å². The molecule has 1 aliphatic rings. The van der Waals surface area contributed by atoms with Crippen LogP contribution in [0.15, 0.2) is 24.3 Å². The monoisotopic (exact) mass is 338 g/mol. The molecule has 1 aliphatic heterocycles. The molecular formula is C19H31ClN2O. The Morgan fingerprint density at radius 1 is 1.35 bits per heavy atom. The van der Waals surface area contributed by atoms with Gasteiger partial charge in [0.25, 0.3) is 0 Å². The molecule has 1 fully saturated rings. The first kappa shape index (κ1) is 20.0. The van der Waals surface area contributed by atoms with Crippen molar-refractivity contribution in [3.05, 3.63) is 35.4 Å². The van der Waals surface area contributed by atoms with Crippen LogP contribution in [0.1, 0.15) is 56.6 Å². The first-order valence-electron chi connectivity index (χ1n) is 8.75. The Bertz CT molecular complexity index is 455. The van der Waals surface area contributed by atoms with Crippen molar-refractivity contribution in [1.82, 2.24) is 10.6 Å². The number of nitrogens with one attached hydrogen (secondary N) is 2. The second kappa shape index (κ2) is 10.7. The Morgan fingerprint density at radius 2 is 2.09 bits per heavy atom. The molecule has 0 spiro atoms. The third kappa shape index (κ3) is 6.92. The van der Waals surface area contributed by atoms with Crippen LogP contribution in [0.2, 0.25) is 0 Å². The summed E-state index contributed by atoms with van der Waals surface area (Å²) in [5.41, 5.74) is 2.60. The predicted molar refractivity (Wildman–Crippen MR) is 99.3 cm³/mol. The number of carbonyl (C=O) groups excluding carboxylic acids is 1. The Balaban J connectivity index is 0.00000264. The second-order valence-corrected chi connectivity index (χ2v) is 6.55. The molecule has 0 bridgehead atoms. The lowest BCUT2D eigenvalue weighted by molar-refractivity contribution is -0.121. The van der Waals surface area contributed by atoms with E-state index in [1.54, 1.807) is 0 Å². The maximum atomic E-state index is 12.1. The number of carbonyl (C=O) groups is 1. The van der Waals surface area contributed by atoms with Gasteiger partial charge in [0.1, 0.15) is 0 Å². The number of aryl methyl sites for hydroxylation is 1. The summed E-state index contributed by atoms with van der Waals surface area (Å²) in [6.07, 6.45) is 5.30. The lowest BCUT2D eigenvalue weighted by Crippen LogP contribution is -2.33. The van der Waals surface area contributed by atoms with Crippen LogP contribution in [0.3, 0.4) is 0 Å². The molecule has 23 heavy (non-hydrogen) atoms. The summed E-state index contributed by atoms with van der Waals surface area (Å²) in [4.78, 5) is 12.1. The van der Waals surface area contributed by atoms with E-state index in [1.165, 1.54) is 24.0 Å². The zero-order chi connectivity index (χ0) is 15.8. The van der Waals surface area contributed by atoms with E-state index in [0.29, 0.717) is 6.42 Å². The van der Waals surface area contributed by atoms with E-state index < -0.39 is 0 Å². The number of amides is 1. The zero-order valence-corrected chi connectivity index (χ0v) is 15.3. The second-order valence-electron chi connectivity index (χ2n) is 6.55. The topological polar surface area (TPSA) is 41.1 Å². The number of hydrogen-bond donors (Lipinski definition) is 2. The number of rotatable bonds is 7. The smallest absolute Gasteiger partial charge is 0.220 e. The van der Waals surface area contributed by atoms with Gasteiger partial charge in [-0.3, -0.25) is 4.79 Å². The van der Waals surface area contributed by atoms with Crippen LogP contribution in [-0.4, -0.2) is 25.5 Å². The van der Waals surface area contributed by atoms with Gasteiger partial charge in [-0.1, -0.05) is 38.1 Å². The van der Waals surface area contributed by atoms with Crippen molar-refractivity contribution in [2.75, 3.05) is 19.6 Å². The van der Waals surface area contributed by atoms with Gasteiger partial charge in [-0.15, -0.1) is 12.4 Å². The Kier molecular flexibility index (Phi) is 9.27. The van der Waals surface area contributed by atoms with Crippen molar-refractivity contribution in [3.63, 3.8) is 0 Å². The van der Waals surface area contributed by atoms with E-state index in [4.69, 9.17) is 0 Å². The van der Waals surface area contributed by atoms with Crippen molar-refractivity contribution >= 4 is 18.3 Å². The van der Waals surface area contributed by atoms with Crippen LogP contribution in [0.25, 0.3) is 0 Å². The molecule has 1 aromatic carbocycles. The van der Waals surface area contributed by atoms with Crippen LogP contribution in [0, 0.1) is 5.92 Å². The molecule has 1 amide bonds. The fraction of sp³-hybridized carbons (Fsp3) is 0.632. The van der Waals surface area contributed by atoms with Crippen molar-refractivity contribution in [2.45, 2.75) is 51.9 Å². The standard InChI is InChI=1S/C19H30N2O.ClH/c1-3-16-6-8-18(9-7-16)15(2)13-19(22)21-12-10-17-5-4-11-20-14-17;/h6-9,15,17,20H,3-5,10-14H2,1-2H3,(H,21,22);1H. The van der Waals surface area contributed by atoms with Crippen LogP contribution in [0.4, 0.5) is 0 Å². The first-order valence-corrected chi connectivity index (χ1v) is 8.75. The van der Waals surface area contributed by atoms with Crippen LogP contribution >= 0.6 is 12.4 Å². The quantitative estimate of drug-likeness (QED) is 0.796. The molecule has 0 radical (unpaired) electrons. The summed E-state index contributed by atoms with van der Waals surface area (Å²) < 4.78 is 0. The third-order valence-electron chi connectivity index (χ3n) is 4.72. The van der Waals surface area contributed by atoms with Crippen LogP contribution in [0.5, 0.6) is 0 Å². The maximum absolute atomic E-state index is 12.1. The highest BCUT2D eigenvalue weighted by Crippen LogP contribution is 2.19. The van der Waals surface area contributed by atoms with Gasteiger partial charge in [-0.25, -0.2) is 0 Å². The zero-order valence-electron chi connectivity index (χ0n) is 14.4. The van der Waals surface area contributed by atoms with Gasteiger partial charge in [0.15, 0.2) is 0 Å². The van der Waals surface area contributed by atoms with E-state index in [2.05, 4.69) is 48.7 Å². The van der Waals surface area contributed by atoms with E-state index in [9.17, 15) is 4.79 Å². The molecule has 1 heterocycles. The van der Waals surface area contributed by atoms with Crippen molar-refractivity contribution in [2.24, 2.45) is 5.92 Å². The molecule has 130 valence electrons. The molecule has 0 aromatic heterocycles. The average molecular weight is 339 g/mol. The van der Waals surface area contributed by atoms with Crippen molar-refractivity contribution < 1.29 is 4.79 Å². The lowest BCUT2D eigenvalue weighted by Gasteiger charge is -2.22. The van der Waals surface area contributed by atoms with Crippen LogP contribution in [-0.2, 0) is 11.2 Å². The third-order valence-corrected chi connectivity index (χ3v) is 4.72. The minimum Gasteiger partial charge on any atom is -0.356 e. The van der Waals surface area contributed by atoms with Crippen molar-refractivity contribution in [3.8, 4) is 0 Å². The molecule has 2 unspecified atom stereocenters. The van der Waals surface area contributed by atoms with E-state index in [0.717, 1.165) is 38.4 Å². The molecule has 3 nitrogen and oxygen atoms in total. The lowest BCUT2D eigenvalue weighted by atomic mass is 9.95. The molecular weight excluding hydrogens is 308 g/mol. The Hall–Kier alpha value is -1.06. The summed E-state index contributed by atoms with van der Waals surface area (Å²) in [7, 11) is 0. The molecule has 0 aliphatic carbocycles.